The van der Waals surface area contributed by atoms with Crippen molar-refractivity contribution in [3.05, 3.63) is 134 Å². The molecule has 6 N–H and O–H groups in total. The lowest BCUT2D eigenvalue weighted by Gasteiger charge is -2.38. The first-order valence-electron chi connectivity index (χ1n) is 35.4. The molecule has 16 rings (SSSR count). The zero-order valence-corrected chi connectivity index (χ0v) is 66.6. The summed E-state index contributed by atoms with van der Waals surface area (Å²) in [4.78, 5) is 13.9. The summed E-state index contributed by atoms with van der Waals surface area (Å²) in [6.45, 7) is 14.2. The average molecular weight is 1720 g/mol. The fourth-order valence-electron chi connectivity index (χ4n) is 14.6. The van der Waals surface area contributed by atoms with E-state index in [0.717, 1.165) is 106 Å². The Morgan fingerprint density at radius 1 is 0.509 bits per heavy atom. The molecule has 2 aromatic heterocycles. The number of hydrogen-bond donors (Lipinski definition) is 6. The molecule has 582 valence electrons. The molecule has 5 spiro atoms. The second kappa shape index (κ2) is 34.0. The lowest BCUT2D eigenvalue weighted by atomic mass is 10.0. The van der Waals surface area contributed by atoms with Crippen LogP contribution in [0.2, 0.25) is 0 Å². The fourth-order valence-corrected chi connectivity index (χ4v) is 23.9. The molecule has 10 fully saturated rings. The van der Waals surface area contributed by atoms with E-state index in [1.165, 1.54) is 61.1 Å². The summed E-state index contributed by atoms with van der Waals surface area (Å²) < 4.78 is 190. The first-order chi connectivity index (χ1) is 50.5. The van der Waals surface area contributed by atoms with Gasteiger partial charge < -0.3 is 33.9 Å². The maximum absolute atomic E-state index is 13.9. The Kier molecular flexibility index (Phi) is 26.0. The summed E-state index contributed by atoms with van der Waals surface area (Å²) in [5.41, 5.74) is -0.528. The van der Waals surface area contributed by atoms with Crippen LogP contribution in [0, 0.1) is 5.82 Å². The maximum atomic E-state index is 13.9. The number of carbonyl (C=O) groups is 1. The van der Waals surface area contributed by atoms with E-state index in [1.54, 1.807) is 31.5 Å². The summed E-state index contributed by atoms with van der Waals surface area (Å²) in [6, 6.07) is 26.1. The van der Waals surface area contributed by atoms with Gasteiger partial charge in [-0.15, -0.1) is 22.7 Å². The first-order valence-corrected chi connectivity index (χ1v) is 44.5. The van der Waals surface area contributed by atoms with Gasteiger partial charge in [0.1, 0.15) is 48.4 Å². The SMILES string of the molecule is CCc1ccc(NC(=O)N2CCC3(CC2)NCCO3)cc1.O=S(=O)(c1ccc(Br)c(C(F)(F)F)c1)N1CCC2(CC1)NCCO2.O=S(=O)(c1ccc(Br)cc1F)N1CCC2(CC1)NCCO2.O=S(=O)(c1cccs1)N1CCC2(CC1)NCCO2.O=S(=O)(c1csc2ccccc12)N1CCC2(CC1)NCCO2. The number of thiophene rings is 2. The molecular weight excluding hydrogens is 1640 g/mol. The van der Waals surface area contributed by atoms with Gasteiger partial charge >= 0.3 is 12.2 Å². The van der Waals surface area contributed by atoms with Crippen molar-refractivity contribution < 1.29 is 79.7 Å². The van der Waals surface area contributed by atoms with E-state index >= 15 is 0 Å². The number of alkyl halides is 3. The number of urea groups is 1. The number of aryl methyl sites for hydroxylation is 1. The molecular formula is C69H89Br2F4N11O14S6. The molecule has 37 heteroatoms. The van der Waals surface area contributed by atoms with Gasteiger partial charge in [-0.3, -0.25) is 26.6 Å². The van der Waals surface area contributed by atoms with Crippen molar-refractivity contribution in [3.8, 4) is 0 Å². The van der Waals surface area contributed by atoms with Gasteiger partial charge in [-0.1, -0.05) is 75.2 Å². The van der Waals surface area contributed by atoms with Crippen LogP contribution in [0.3, 0.4) is 0 Å². The molecule has 10 aliphatic rings. The van der Waals surface area contributed by atoms with Gasteiger partial charge in [0.25, 0.3) is 10.0 Å². The van der Waals surface area contributed by atoms with E-state index < -0.39 is 69.1 Å². The van der Waals surface area contributed by atoms with E-state index in [4.69, 9.17) is 23.7 Å². The number of amides is 2. The smallest absolute Gasteiger partial charge is 0.359 e. The molecule has 10 saturated heterocycles. The minimum absolute atomic E-state index is 0.0212. The molecule has 0 aliphatic carbocycles. The van der Waals surface area contributed by atoms with E-state index in [0.29, 0.717) is 124 Å². The molecule has 106 heavy (non-hydrogen) atoms. The normalized spacial score (nSPS) is 22.5. The van der Waals surface area contributed by atoms with Crippen LogP contribution in [0.5, 0.6) is 0 Å². The van der Waals surface area contributed by atoms with E-state index in [9.17, 15) is 56.0 Å². The van der Waals surface area contributed by atoms with Crippen molar-refractivity contribution in [3.63, 3.8) is 0 Å². The van der Waals surface area contributed by atoms with Crippen molar-refractivity contribution in [1.29, 1.82) is 0 Å². The highest BCUT2D eigenvalue weighted by atomic mass is 79.9. The Morgan fingerprint density at radius 2 is 0.943 bits per heavy atom. The Bertz CT molecular complexity index is 4440. The van der Waals surface area contributed by atoms with Crippen LogP contribution < -0.4 is 31.9 Å². The van der Waals surface area contributed by atoms with Gasteiger partial charge in [0.05, 0.1) is 43.5 Å². The zero-order chi connectivity index (χ0) is 75.2. The Hall–Kier alpha value is -4.27. The fraction of sp³-hybridized carbons (Fsp3) is 0.551. The summed E-state index contributed by atoms with van der Waals surface area (Å²) in [5.74, 6) is -0.736. The van der Waals surface area contributed by atoms with Gasteiger partial charge in [-0.05, 0) is 78.0 Å². The second-order valence-electron chi connectivity index (χ2n) is 27.2. The Morgan fingerprint density at radius 3 is 1.36 bits per heavy atom. The Balaban J connectivity index is 0.000000124. The molecule has 0 atom stereocenters. The van der Waals surface area contributed by atoms with Crippen LogP contribution in [0.1, 0.15) is 82.3 Å². The number of rotatable bonds is 10. The number of sulfonamides is 4. The topological polar surface area (TPSA) is 288 Å². The molecule has 10 aliphatic heterocycles. The predicted molar refractivity (Wildman–Crippen MR) is 400 cm³/mol. The number of nitrogens with zero attached hydrogens (tertiary/aromatic N) is 5. The summed E-state index contributed by atoms with van der Waals surface area (Å²) in [5, 5.41) is 24.0. The highest BCUT2D eigenvalue weighted by Crippen LogP contribution is 2.40. The quantitative estimate of drug-likeness (QED) is 0.0696. The molecule has 0 saturated carbocycles. The highest BCUT2D eigenvalue weighted by Gasteiger charge is 2.47. The van der Waals surface area contributed by atoms with E-state index in [2.05, 4.69) is 82.8 Å². The van der Waals surface area contributed by atoms with Crippen molar-refractivity contribution in [2.75, 3.05) is 137 Å². The van der Waals surface area contributed by atoms with Gasteiger partial charge in [-0.2, -0.15) is 30.4 Å². The summed E-state index contributed by atoms with van der Waals surface area (Å²) >= 11 is 8.69. The second-order valence-corrected chi connectivity index (χ2v) is 38.7. The molecule has 2 amide bonds. The van der Waals surface area contributed by atoms with Crippen molar-refractivity contribution in [2.24, 2.45) is 0 Å². The third-order valence-corrected chi connectivity index (χ3v) is 32.1. The third-order valence-electron chi connectivity index (χ3n) is 20.8. The number of anilines is 1. The number of nitrogens with one attached hydrogen (secondary N) is 6. The lowest BCUT2D eigenvalue weighted by Crippen LogP contribution is -2.53. The van der Waals surface area contributed by atoms with Gasteiger partial charge in [0.2, 0.25) is 30.1 Å². The minimum Gasteiger partial charge on any atom is -0.359 e. The summed E-state index contributed by atoms with van der Waals surface area (Å²) in [6.07, 6.45) is 3.02. The molecule has 4 aromatic carbocycles. The lowest BCUT2D eigenvalue weighted by molar-refractivity contribution is -0.138. The van der Waals surface area contributed by atoms with E-state index in [-0.39, 0.29) is 50.6 Å². The van der Waals surface area contributed by atoms with Crippen molar-refractivity contribution >= 4 is 116 Å². The Labute approximate surface area is 641 Å². The first kappa shape index (κ1) is 81.2. The minimum atomic E-state index is -4.63. The largest absolute Gasteiger partial charge is 0.417 e. The number of benzene rings is 4. The molecule has 12 heterocycles. The van der Waals surface area contributed by atoms with Crippen LogP contribution in [0.15, 0.2) is 136 Å². The zero-order valence-electron chi connectivity index (χ0n) is 58.5. The maximum Gasteiger partial charge on any atom is 0.417 e. The summed E-state index contributed by atoms with van der Waals surface area (Å²) in [7, 11) is -14.5. The number of likely N-dealkylation sites (tertiary alicyclic amines) is 1. The molecule has 0 bridgehead atoms. The predicted octanol–water partition coefficient (Wildman–Crippen LogP) is 9.30. The number of ether oxygens (including phenoxy) is 5. The van der Waals surface area contributed by atoms with Gasteiger partial charge in [0, 0.05) is 192 Å². The number of halogens is 6. The highest BCUT2D eigenvalue weighted by molar-refractivity contribution is 9.10. The van der Waals surface area contributed by atoms with Gasteiger partial charge in [0.15, 0.2) is 0 Å². The number of piperidine rings is 5. The van der Waals surface area contributed by atoms with Crippen LogP contribution in [-0.4, -0.2) is 222 Å². The van der Waals surface area contributed by atoms with Crippen LogP contribution in [-0.2, 0) is 76.4 Å². The monoisotopic (exact) mass is 1720 g/mol. The number of fused-ring (bicyclic) bond motifs is 1. The third kappa shape index (κ3) is 18.7. The van der Waals surface area contributed by atoms with Crippen LogP contribution in [0.25, 0.3) is 10.1 Å². The molecule has 25 nitrogen and oxygen atoms in total. The van der Waals surface area contributed by atoms with Crippen molar-refractivity contribution in [2.45, 2.75) is 131 Å². The number of carbonyl (C=O) groups excluding carboxylic acids is 1. The van der Waals surface area contributed by atoms with Gasteiger partial charge in [-0.25, -0.2) is 42.9 Å². The number of hydrogen-bond acceptors (Lipinski definition) is 21. The van der Waals surface area contributed by atoms with E-state index in [1.807, 2.05) is 41.3 Å². The average Bonchev–Trinajstić information content (AvgIpc) is 0.813. The standard InChI is InChI=1S/C16H23N3O2.C15H18N2O3S2.C14H16BrF3N2O3S.C13H16BrFN2O3S.C11H16N2O3S2/c1-2-13-3-5-14(6-4-13)18-15(20)19-10-7-16(8-11-19)17-9-12-21-16;18-22(19,14-11-21-13-4-2-1-3-12(13)14)17-8-5-15(6-9-17)16-7-10-20-15;15-12-2-1-10(9-11(12)14(16,17)18)24(21,22)20-6-3-13(4-7-20)19-5-8-23-13;14-10-1-2-12(11(15)9-10)21(18,19)17-6-3-13(4-7-17)16-5-8-20-13;14-18(15,10-2-1-9-17-10)13-6-3-11(4-7-13)12-5-8-16-11/h3-6,17H,2,7-12H2,1H3,(H,18,20);1-4,11,16H,5-10H2;1-2,9,19H,3-8H2;1-2,9,16H,3-8H2;1-2,9,12H,3-8H2. The molecule has 6 aromatic rings. The molecule has 0 radical (unpaired) electrons. The van der Waals surface area contributed by atoms with Crippen LogP contribution in [0.4, 0.5) is 28.0 Å². The van der Waals surface area contributed by atoms with Crippen LogP contribution >= 0.6 is 54.5 Å². The molecule has 0 unspecified atom stereocenters. The van der Waals surface area contributed by atoms with Crippen molar-refractivity contribution in [1.82, 2.24) is 48.7 Å².